The minimum absolute atomic E-state index is 0.109. The van der Waals surface area contributed by atoms with Gasteiger partial charge in [-0.05, 0) is 5.56 Å². The Morgan fingerprint density at radius 2 is 2.00 bits per heavy atom. The maximum Gasteiger partial charge on any atom is 0.256 e. The lowest BCUT2D eigenvalue weighted by atomic mass is 10.2. The lowest BCUT2D eigenvalue weighted by Gasteiger charge is -2.01. The predicted octanol–water partition coefficient (Wildman–Crippen LogP) is 0.359. The van der Waals surface area contributed by atoms with Crippen LogP contribution < -0.4 is 10.6 Å². The predicted molar refractivity (Wildman–Crippen MR) is 59.4 cm³/mol. The molecule has 1 heterocycles. The lowest BCUT2D eigenvalue weighted by molar-refractivity contribution is -0.117. The first-order valence-electron chi connectivity index (χ1n) is 5.06. The molecule has 1 fully saturated rings. The second-order valence-electron chi connectivity index (χ2n) is 3.53. The zero-order valence-corrected chi connectivity index (χ0v) is 8.69. The number of Topliss-reactive ketones (excluding diaryl/α,β-unsaturated/α-hetero) is 1. The fourth-order valence-corrected chi connectivity index (χ4v) is 1.49. The molecule has 0 spiro atoms. The summed E-state index contributed by atoms with van der Waals surface area (Å²) in [5.74, 6) is -0.462. The summed E-state index contributed by atoms with van der Waals surface area (Å²) in [6, 6.07) is 9.77. The van der Waals surface area contributed by atoms with Crippen molar-refractivity contribution in [3.63, 3.8) is 0 Å². The van der Waals surface area contributed by atoms with Crippen molar-refractivity contribution >= 4 is 11.7 Å². The highest BCUT2D eigenvalue weighted by Gasteiger charge is 2.24. The summed E-state index contributed by atoms with van der Waals surface area (Å²) in [7, 11) is 0. The van der Waals surface area contributed by atoms with Gasteiger partial charge in [-0.15, -0.1) is 0 Å². The largest absolute Gasteiger partial charge is 0.386 e. The molecule has 2 rings (SSSR count). The number of hydrogen-bond acceptors (Lipinski definition) is 3. The molecule has 0 aliphatic carbocycles. The van der Waals surface area contributed by atoms with E-state index in [9.17, 15) is 9.59 Å². The van der Waals surface area contributed by atoms with Crippen LogP contribution in [0.4, 0.5) is 0 Å². The van der Waals surface area contributed by atoms with E-state index in [1.165, 1.54) is 6.20 Å². The molecule has 1 saturated heterocycles. The molecule has 0 saturated carbocycles. The van der Waals surface area contributed by atoms with Crippen molar-refractivity contribution in [2.75, 3.05) is 6.54 Å². The van der Waals surface area contributed by atoms with E-state index in [1.807, 2.05) is 30.3 Å². The Morgan fingerprint density at radius 3 is 2.62 bits per heavy atom. The van der Waals surface area contributed by atoms with E-state index in [0.29, 0.717) is 6.54 Å². The Morgan fingerprint density at radius 1 is 1.25 bits per heavy atom. The van der Waals surface area contributed by atoms with E-state index in [0.717, 1.165) is 5.56 Å². The number of nitrogens with one attached hydrogen (secondary N) is 2. The Labute approximate surface area is 93.3 Å². The third-order valence-electron chi connectivity index (χ3n) is 2.35. The topological polar surface area (TPSA) is 58.2 Å². The van der Waals surface area contributed by atoms with Crippen molar-refractivity contribution in [3.05, 3.63) is 47.7 Å². The summed E-state index contributed by atoms with van der Waals surface area (Å²) in [6.07, 6.45) is 1.48. The van der Waals surface area contributed by atoms with E-state index in [1.54, 1.807) is 0 Å². The molecule has 0 atom stereocenters. The Kier molecular flexibility index (Phi) is 3.00. The van der Waals surface area contributed by atoms with Crippen LogP contribution in [-0.4, -0.2) is 18.2 Å². The van der Waals surface area contributed by atoms with Crippen LogP contribution in [0.1, 0.15) is 5.56 Å². The van der Waals surface area contributed by atoms with Crippen molar-refractivity contribution < 1.29 is 9.59 Å². The van der Waals surface area contributed by atoms with Crippen molar-refractivity contribution in [2.45, 2.75) is 6.54 Å². The summed E-state index contributed by atoms with van der Waals surface area (Å²) in [5.41, 5.74) is 1.31. The molecule has 16 heavy (non-hydrogen) atoms. The minimum Gasteiger partial charge on any atom is -0.386 e. The molecule has 1 aliphatic heterocycles. The van der Waals surface area contributed by atoms with Crippen LogP contribution >= 0.6 is 0 Å². The van der Waals surface area contributed by atoms with Crippen LogP contribution in [0.3, 0.4) is 0 Å². The van der Waals surface area contributed by atoms with Crippen LogP contribution in [0, 0.1) is 0 Å². The molecule has 1 aromatic carbocycles. The van der Waals surface area contributed by atoms with Gasteiger partial charge in [0.1, 0.15) is 0 Å². The van der Waals surface area contributed by atoms with Gasteiger partial charge >= 0.3 is 0 Å². The van der Waals surface area contributed by atoms with Gasteiger partial charge in [0, 0.05) is 12.7 Å². The quantitative estimate of drug-likeness (QED) is 0.566. The number of ketones is 1. The summed E-state index contributed by atoms with van der Waals surface area (Å²) in [4.78, 5) is 22.4. The van der Waals surface area contributed by atoms with Crippen LogP contribution in [0.15, 0.2) is 42.1 Å². The van der Waals surface area contributed by atoms with Gasteiger partial charge in [-0.1, -0.05) is 30.3 Å². The second-order valence-corrected chi connectivity index (χ2v) is 3.53. The third-order valence-corrected chi connectivity index (χ3v) is 2.35. The maximum absolute atomic E-state index is 11.2. The monoisotopic (exact) mass is 216 g/mol. The second kappa shape index (κ2) is 4.61. The molecule has 0 aromatic heterocycles. The molecule has 1 aliphatic rings. The van der Waals surface area contributed by atoms with Crippen molar-refractivity contribution in [1.82, 2.24) is 10.6 Å². The first-order valence-corrected chi connectivity index (χ1v) is 5.06. The van der Waals surface area contributed by atoms with E-state index in [-0.39, 0.29) is 23.8 Å². The summed E-state index contributed by atoms with van der Waals surface area (Å²) in [5, 5.41) is 5.43. The molecule has 2 N–H and O–H groups in total. The zero-order chi connectivity index (χ0) is 11.4. The molecule has 0 bridgehead atoms. The summed E-state index contributed by atoms with van der Waals surface area (Å²) < 4.78 is 0. The number of rotatable bonds is 3. The van der Waals surface area contributed by atoms with E-state index in [4.69, 9.17) is 0 Å². The van der Waals surface area contributed by atoms with Gasteiger partial charge in [-0.25, -0.2) is 0 Å². The first kappa shape index (κ1) is 10.4. The number of carbonyl (C=O) groups excluding carboxylic acids is 2. The van der Waals surface area contributed by atoms with Crippen molar-refractivity contribution in [3.8, 4) is 0 Å². The van der Waals surface area contributed by atoms with E-state index in [2.05, 4.69) is 10.6 Å². The number of benzene rings is 1. The number of carbonyl (C=O) groups is 2. The molecule has 82 valence electrons. The molecule has 4 heteroatoms. The summed E-state index contributed by atoms with van der Waals surface area (Å²) in [6.45, 7) is 0.711. The van der Waals surface area contributed by atoms with Crippen molar-refractivity contribution in [2.24, 2.45) is 0 Å². The van der Waals surface area contributed by atoms with Gasteiger partial charge in [0.15, 0.2) is 5.78 Å². The standard InChI is InChI=1S/C12H12N2O2/c15-11-8-14-12(16)10(11)7-13-6-9-4-2-1-3-5-9/h1-5,7,13H,6,8H2,(H,14,16). The molecular formula is C12H12N2O2. The van der Waals surface area contributed by atoms with Gasteiger partial charge in [0.05, 0.1) is 12.1 Å². The van der Waals surface area contributed by atoms with Gasteiger partial charge in [0.2, 0.25) is 0 Å². The highest BCUT2D eigenvalue weighted by atomic mass is 16.2. The number of hydrogen-bond donors (Lipinski definition) is 2. The smallest absolute Gasteiger partial charge is 0.256 e. The lowest BCUT2D eigenvalue weighted by Crippen LogP contribution is -2.15. The zero-order valence-electron chi connectivity index (χ0n) is 8.69. The molecule has 1 amide bonds. The van der Waals surface area contributed by atoms with Gasteiger partial charge in [-0.2, -0.15) is 0 Å². The van der Waals surface area contributed by atoms with E-state index >= 15 is 0 Å². The Bertz CT molecular complexity index is 420. The highest BCUT2D eigenvalue weighted by molar-refractivity contribution is 6.24. The Hall–Kier alpha value is -2.10. The molecule has 1 aromatic rings. The minimum atomic E-state index is -0.300. The average Bonchev–Trinajstić information content (AvgIpc) is 2.62. The molecule has 0 unspecified atom stereocenters. The van der Waals surface area contributed by atoms with Crippen LogP contribution in [0.5, 0.6) is 0 Å². The molecular weight excluding hydrogens is 204 g/mol. The maximum atomic E-state index is 11.2. The average molecular weight is 216 g/mol. The van der Waals surface area contributed by atoms with E-state index < -0.39 is 0 Å². The van der Waals surface area contributed by atoms with Crippen LogP contribution in [0.2, 0.25) is 0 Å². The molecule has 4 nitrogen and oxygen atoms in total. The first-order chi connectivity index (χ1) is 7.77. The highest BCUT2D eigenvalue weighted by Crippen LogP contribution is 2.03. The van der Waals surface area contributed by atoms with Gasteiger partial charge < -0.3 is 10.6 Å². The van der Waals surface area contributed by atoms with Crippen molar-refractivity contribution in [1.29, 1.82) is 0 Å². The van der Waals surface area contributed by atoms with Gasteiger partial charge in [-0.3, -0.25) is 9.59 Å². The summed E-state index contributed by atoms with van der Waals surface area (Å²) >= 11 is 0. The van der Waals surface area contributed by atoms with Gasteiger partial charge in [0.25, 0.3) is 5.91 Å². The number of amides is 1. The normalized spacial score (nSPS) is 17.6. The molecule has 0 radical (unpaired) electrons. The third kappa shape index (κ3) is 2.28. The fourth-order valence-electron chi connectivity index (χ4n) is 1.49. The van der Waals surface area contributed by atoms with Crippen LogP contribution in [-0.2, 0) is 16.1 Å². The Balaban J connectivity index is 1.95. The SMILES string of the molecule is O=C1CNC(=O)C1=CNCc1ccccc1. The van der Waals surface area contributed by atoms with Crippen LogP contribution in [0.25, 0.3) is 0 Å². The fraction of sp³-hybridized carbons (Fsp3) is 0.167.